The molecule has 2 unspecified atom stereocenters. The highest BCUT2D eigenvalue weighted by atomic mass is 16.4. The molecule has 5 nitrogen and oxygen atoms in total. The van der Waals surface area contributed by atoms with Crippen molar-refractivity contribution in [1.82, 2.24) is 10.2 Å². The minimum Gasteiger partial charge on any atom is -0.409 e. The Morgan fingerprint density at radius 1 is 1.59 bits per heavy atom. The van der Waals surface area contributed by atoms with E-state index in [9.17, 15) is 0 Å². The third-order valence-electron chi connectivity index (χ3n) is 3.58. The monoisotopic (exact) mass is 242 g/mol. The van der Waals surface area contributed by atoms with Gasteiger partial charge in [0.15, 0.2) is 5.84 Å². The van der Waals surface area contributed by atoms with Gasteiger partial charge in [-0.3, -0.25) is 0 Å². The van der Waals surface area contributed by atoms with Gasteiger partial charge in [0.2, 0.25) is 0 Å². The smallest absolute Gasteiger partial charge is 0.156 e. The quantitative estimate of drug-likeness (QED) is 0.279. The van der Waals surface area contributed by atoms with Crippen LogP contribution in [-0.4, -0.2) is 47.7 Å². The molecule has 0 bridgehead atoms. The fourth-order valence-corrected chi connectivity index (χ4v) is 2.33. The number of likely N-dealkylation sites (tertiary alicyclic amines) is 1. The molecular weight excluding hydrogens is 216 g/mol. The summed E-state index contributed by atoms with van der Waals surface area (Å²) in [5.41, 5.74) is 5.62. The first-order valence-corrected chi connectivity index (χ1v) is 6.53. The lowest BCUT2D eigenvalue weighted by molar-refractivity contribution is 0.263. The van der Waals surface area contributed by atoms with E-state index < -0.39 is 0 Å². The molecule has 0 saturated carbocycles. The number of nitrogens with one attached hydrogen (secondary N) is 1. The molecule has 1 fully saturated rings. The molecule has 0 radical (unpaired) electrons. The summed E-state index contributed by atoms with van der Waals surface area (Å²) >= 11 is 0. The molecule has 1 aliphatic rings. The average molecular weight is 242 g/mol. The maximum atomic E-state index is 8.66. The Bertz CT molecular complexity index is 255. The van der Waals surface area contributed by atoms with Crippen LogP contribution >= 0.6 is 0 Å². The van der Waals surface area contributed by atoms with Crippen molar-refractivity contribution in [1.29, 1.82) is 0 Å². The second kappa shape index (κ2) is 6.81. The zero-order chi connectivity index (χ0) is 12.8. The normalized spacial score (nSPS) is 24.5. The number of hydrogen-bond donors (Lipinski definition) is 3. The summed E-state index contributed by atoms with van der Waals surface area (Å²) in [6.07, 6.45) is 2.08. The fourth-order valence-electron chi connectivity index (χ4n) is 2.33. The molecule has 17 heavy (non-hydrogen) atoms. The zero-order valence-electron chi connectivity index (χ0n) is 11.2. The van der Waals surface area contributed by atoms with Gasteiger partial charge in [0.1, 0.15) is 0 Å². The maximum absolute atomic E-state index is 8.66. The van der Waals surface area contributed by atoms with E-state index >= 15 is 0 Å². The van der Waals surface area contributed by atoms with Crippen LogP contribution in [0.15, 0.2) is 5.16 Å². The second-order valence-electron chi connectivity index (χ2n) is 5.14. The van der Waals surface area contributed by atoms with Crippen LogP contribution in [-0.2, 0) is 0 Å². The summed E-state index contributed by atoms with van der Waals surface area (Å²) in [5.74, 6) is 0.962. The molecule has 2 atom stereocenters. The van der Waals surface area contributed by atoms with Gasteiger partial charge >= 0.3 is 0 Å². The fraction of sp³-hybridized carbons (Fsp3) is 0.917. The van der Waals surface area contributed by atoms with Gasteiger partial charge in [-0.1, -0.05) is 12.1 Å². The zero-order valence-corrected chi connectivity index (χ0v) is 11.2. The van der Waals surface area contributed by atoms with Gasteiger partial charge in [0, 0.05) is 12.6 Å². The van der Waals surface area contributed by atoms with Crippen molar-refractivity contribution in [2.75, 3.05) is 19.6 Å². The van der Waals surface area contributed by atoms with Gasteiger partial charge < -0.3 is 21.2 Å². The molecule has 100 valence electrons. The van der Waals surface area contributed by atoms with Crippen LogP contribution in [0.25, 0.3) is 0 Å². The molecule has 0 aliphatic carbocycles. The number of nitrogens with two attached hydrogens (primary N) is 1. The van der Waals surface area contributed by atoms with E-state index in [0.717, 1.165) is 19.5 Å². The van der Waals surface area contributed by atoms with Gasteiger partial charge in [-0.2, -0.15) is 0 Å². The second-order valence-corrected chi connectivity index (χ2v) is 5.14. The molecule has 0 aromatic heterocycles. The van der Waals surface area contributed by atoms with Crippen LogP contribution in [0.4, 0.5) is 0 Å². The first kappa shape index (κ1) is 14.3. The standard InChI is InChI=1S/C12H26N4O/c1-4-11(12(13)15-17)14-7-10-5-6-16(8-10)9(2)3/h9-11,14,17H,4-8H2,1-3H3,(H2,13,15). The first-order valence-electron chi connectivity index (χ1n) is 6.53. The first-order chi connectivity index (χ1) is 8.08. The molecule has 1 rings (SSSR count). The molecule has 1 heterocycles. The van der Waals surface area contributed by atoms with Gasteiger partial charge in [-0.25, -0.2) is 0 Å². The Kier molecular flexibility index (Phi) is 5.71. The lowest BCUT2D eigenvalue weighted by Crippen LogP contribution is -2.43. The predicted molar refractivity (Wildman–Crippen MR) is 70.3 cm³/mol. The van der Waals surface area contributed by atoms with E-state index in [0.29, 0.717) is 12.0 Å². The van der Waals surface area contributed by atoms with Crippen LogP contribution in [0, 0.1) is 5.92 Å². The number of hydrogen-bond acceptors (Lipinski definition) is 4. The van der Waals surface area contributed by atoms with Crippen LogP contribution in [0.5, 0.6) is 0 Å². The minimum atomic E-state index is -0.00639. The topological polar surface area (TPSA) is 73.9 Å². The molecule has 0 amide bonds. The summed E-state index contributed by atoms with van der Waals surface area (Å²) in [6.45, 7) is 9.78. The number of amidine groups is 1. The highest BCUT2D eigenvalue weighted by Crippen LogP contribution is 2.17. The van der Waals surface area contributed by atoms with E-state index in [4.69, 9.17) is 10.9 Å². The van der Waals surface area contributed by atoms with E-state index in [1.807, 2.05) is 6.92 Å². The maximum Gasteiger partial charge on any atom is 0.156 e. The molecule has 0 aromatic carbocycles. The Morgan fingerprint density at radius 3 is 2.76 bits per heavy atom. The number of oxime groups is 1. The summed E-state index contributed by atoms with van der Waals surface area (Å²) in [6, 6.07) is 0.624. The predicted octanol–water partition coefficient (Wildman–Crippen LogP) is 0.831. The molecule has 5 heteroatoms. The third-order valence-corrected chi connectivity index (χ3v) is 3.58. The Morgan fingerprint density at radius 2 is 2.29 bits per heavy atom. The van der Waals surface area contributed by atoms with Gasteiger partial charge in [0.25, 0.3) is 0 Å². The van der Waals surface area contributed by atoms with Crippen molar-refractivity contribution in [3.05, 3.63) is 0 Å². The highest BCUT2D eigenvalue weighted by Gasteiger charge is 2.24. The van der Waals surface area contributed by atoms with E-state index in [1.165, 1.54) is 13.0 Å². The SMILES string of the molecule is CCC(NCC1CCN(C(C)C)C1)/C(N)=N/O. The van der Waals surface area contributed by atoms with Gasteiger partial charge in [0.05, 0.1) is 6.04 Å². The van der Waals surface area contributed by atoms with E-state index in [-0.39, 0.29) is 11.9 Å². The summed E-state index contributed by atoms with van der Waals surface area (Å²) in [7, 11) is 0. The van der Waals surface area contributed by atoms with Crippen LogP contribution in [0.3, 0.4) is 0 Å². The van der Waals surface area contributed by atoms with Crippen molar-refractivity contribution in [3.8, 4) is 0 Å². The number of rotatable bonds is 6. The molecule has 1 aliphatic heterocycles. The minimum absolute atomic E-state index is 0.00639. The largest absolute Gasteiger partial charge is 0.409 e. The Labute approximate surface area is 104 Å². The van der Waals surface area contributed by atoms with E-state index in [2.05, 4.69) is 29.2 Å². The van der Waals surface area contributed by atoms with Crippen molar-refractivity contribution >= 4 is 5.84 Å². The molecular formula is C12H26N4O. The highest BCUT2D eigenvalue weighted by molar-refractivity contribution is 5.85. The van der Waals surface area contributed by atoms with Crippen molar-refractivity contribution in [3.63, 3.8) is 0 Å². The van der Waals surface area contributed by atoms with Crippen LogP contribution in [0.1, 0.15) is 33.6 Å². The van der Waals surface area contributed by atoms with Crippen molar-refractivity contribution in [2.45, 2.75) is 45.7 Å². The van der Waals surface area contributed by atoms with E-state index in [1.54, 1.807) is 0 Å². The Balaban J connectivity index is 2.31. The van der Waals surface area contributed by atoms with Crippen molar-refractivity contribution in [2.24, 2.45) is 16.8 Å². The summed E-state index contributed by atoms with van der Waals surface area (Å²) < 4.78 is 0. The van der Waals surface area contributed by atoms with Gasteiger partial charge in [-0.15, -0.1) is 0 Å². The summed E-state index contributed by atoms with van der Waals surface area (Å²) in [5, 5.41) is 15.1. The molecule has 0 aromatic rings. The van der Waals surface area contributed by atoms with Crippen LogP contribution in [0.2, 0.25) is 0 Å². The van der Waals surface area contributed by atoms with Crippen molar-refractivity contribution < 1.29 is 5.21 Å². The lowest BCUT2D eigenvalue weighted by Gasteiger charge is -2.21. The average Bonchev–Trinajstić information content (AvgIpc) is 2.78. The van der Waals surface area contributed by atoms with Gasteiger partial charge in [-0.05, 0) is 45.7 Å². The lowest BCUT2D eigenvalue weighted by atomic mass is 10.1. The summed E-state index contributed by atoms with van der Waals surface area (Å²) in [4.78, 5) is 2.50. The molecule has 4 N–H and O–H groups in total. The molecule has 1 saturated heterocycles. The number of nitrogens with zero attached hydrogens (tertiary/aromatic N) is 2. The molecule has 0 spiro atoms. The van der Waals surface area contributed by atoms with Crippen LogP contribution < -0.4 is 11.1 Å². The Hall–Kier alpha value is -0.810. The third kappa shape index (κ3) is 4.16.